The lowest BCUT2D eigenvalue weighted by molar-refractivity contribution is -0.0734. The van der Waals surface area contributed by atoms with E-state index in [-0.39, 0.29) is 18.3 Å². The molecule has 0 aliphatic carbocycles. The van der Waals surface area contributed by atoms with Gasteiger partial charge in [-0.05, 0) is 43.4 Å². The minimum absolute atomic E-state index is 0.0333. The molecule has 1 atom stereocenters. The molecule has 16 heteroatoms. The van der Waals surface area contributed by atoms with E-state index in [0.29, 0.717) is 39.9 Å². The topological polar surface area (TPSA) is 133 Å². The van der Waals surface area contributed by atoms with Gasteiger partial charge < -0.3 is 19.9 Å². The third kappa shape index (κ3) is 6.22. The largest absolute Gasteiger partial charge is 0.434 e. The van der Waals surface area contributed by atoms with Crippen LogP contribution < -0.4 is 10.1 Å². The quantitative estimate of drug-likeness (QED) is 0.162. The highest BCUT2D eigenvalue weighted by atomic mass is 32.2. The Bertz CT molecular complexity index is 1770. The van der Waals surface area contributed by atoms with Crippen molar-refractivity contribution in [3.63, 3.8) is 0 Å². The molecule has 1 aromatic carbocycles. The van der Waals surface area contributed by atoms with Gasteiger partial charge in [-0.3, -0.25) is 9.58 Å². The molecule has 2 aliphatic heterocycles. The first-order valence-corrected chi connectivity index (χ1v) is 15.8. The molecule has 13 nitrogen and oxygen atoms in total. The predicted octanol–water partition coefficient (Wildman–Crippen LogP) is 3.69. The van der Waals surface area contributed by atoms with E-state index in [0.717, 1.165) is 44.0 Å². The lowest BCUT2D eigenvalue weighted by Gasteiger charge is -2.41. The monoisotopic (exact) mass is 638 g/mol. The van der Waals surface area contributed by atoms with E-state index >= 15 is 0 Å². The number of thioether (sulfide) groups is 1. The summed E-state index contributed by atoms with van der Waals surface area (Å²) in [4.78, 5) is 7.63. The third-order valence-electron chi connectivity index (χ3n) is 8.20. The van der Waals surface area contributed by atoms with Crippen molar-refractivity contribution >= 4 is 23.1 Å². The van der Waals surface area contributed by atoms with Gasteiger partial charge in [0.15, 0.2) is 11.9 Å². The van der Waals surface area contributed by atoms with Crippen molar-refractivity contribution < 1.29 is 23.4 Å². The number of halogens is 2. The third-order valence-corrected chi connectivity index (χ3v) is 8.93. The van der Waals surface area contributed by atoms with Crippen molar-refractivity contribution in [2.75, 3.05) is 37.9 Å². The zero-order chi connectivity index (χ0) is 30.9. The first-order valence-electron chi connectivity index (χ1n) is 14.6. The fourth-order valence-electron chi connectivity index (χ4n) is 5.77. The SMILES string of the molecule is CSc1ccc(OC(F)F)c(-c2nn(Cc3cn(C4CCN(C5COC5)CC4)nn3)cc2NC(O)c2cnn3cccnc23)c1. The predicted molar refractivity (Wildman–Crippen MR) is 161 cm³/mol. The van der Waals surface area contributed by atoms with Crippen molar-refractivity contribution in [3.05, 3.63) is 66.5 Å². The number of aliphatic hydroxyl groups is 1. The molecule has 45 heavy (non-hydrogen) atoms. The Morgan fingerprint density at radius 2 is 2.02 bits per heavy atom. The van der Waals surface area contributed by atoms with Crippen LogP contribution >= 0.6 is 11.8 Å². The molecule has 0 bridgehead atoms. The molecule has 0 saturated carbocycles. The maximum absolute atomic E-state index is 13.4. The normalized spacial score (nSPS) is 17.2. The van der Waals surface area contributed by atoms with E-state index in [1.165, 1.54) is 24.0 Å². The second kappa shape index (κ2) is 12.7. The second-order valence-electron chi connectivity index (χ2n) is 11.0. The molecular weight excluding hydrogens is 606 g/mol. The molecule has 2 fully saturated rings. The van der Waals surface area contributed by atoms with Gasteiger partial charge in [0.05, 0.1) is 55.5 Å². The van der Waals surface area contributed by atoms with Gasteiger partial charge in [-0.2, -0.15) is 19.0 Å². The first kappa shape index (κ1) is 29.6. The Balaban J connectivity index is 1.17. The molecular formula is C29H32F2N10O3S. The van der Waals surface area contributed by atoms with Gasteiger partial charge in [0.2, 0.25) is 0 Å². The van der Waals surface area contributed by atoms with Crippen LogP contribution in [0.25, 0.3) is 16.9 Å². The number of hydrogen-bond acceptors (Lipinski definition) is 11. The van der Waals surface area contributed by atoms with Crippen LogP contribution in [0.5, 0.6) is 5.75 Å². The first-order chi connectivity index (χ1) is 21.9. The zero-order valence-corrected chi connectivity index (χ0v) is 25.2. The van der Waals surface area contributed by atoms with Crippen LogP contribution in [0.3, 0.4) is 0 Å². The lowest BCUT2D eigenvalue weighted by atomic mass is 10.0. The van der Waals surface area contributed by atoms with Crippen molar-refractivity contribution in [3.8, 4) is 17.0 Å². The Labute approximate surface area is 261 Å². The molecule has 236 valence electrons. The van der Waals surface area contributed by atoms with Crippen LogP contribution in [0.15, 0.2) is 60.1 Å². The van der Waals surface area contributed by atoms with E-state index < -0.39 is 12.8 Å². The summed E-state index contributed by atoms with van der Waals surface area (Å²) in [6.45, 7) is 0.856. The summed E-state index contributed by atoms with van der Waals surface area (Å²) in [6, 6.07) is 7.46. The second-order valence-corrected chi connectivity index (χ2v) is 11.9. The summed E-state index contributed by atoms with van der Waals surface area (Å²) in [7, 11) is 0. The van der Waals surface area contributed by atoms with Gasteiger partial charge in [0.25, 0.3) is 0 Å². The molecule has 5 aromatic rings. The molecule has 2 N–H and O–H groups in total. The lowest BCUT2D eigenvalue weighted by Crippen LogP contribution is -2.51. The van der Waals surface area contributed by atoms with Crippen LogP contribution in [0.1, 0.15) is 36.4 Å². The number of likely N-dealkylation sites (tertiary alicyclic amines) is 1. The smallest absolute Gasteiger partial charge is 0.387 e. The highest BCUT2D eigenvalue weighted by Gasteiger charge is 2.30. The molecule has 4 aromatic heterocycles. The number of fused-ring (bicyclic) bond motifs is 1. The van der Waals surface area contributed by atoms with Crippen LogP contribution in [0.4, 0.5) is 14.5 Å². The number of benzene rings is 1. The summed E-state index contributed by atoms with van der Waals surface area (Å²) < 4.78 is 42.2. The standard InChI is InChI=1S/C29H32F2N10O3S/c1-45-21-3-4-25(44-29(30)31)22(11-21)26-24(34-28(42)23-12-33-40-8-2-7-32-27(23)40)15-39(36-26)13-18-14-41(37-35-18)19-5-9-38(10-6-19)20-16-43-17-20/h2-4,7-8,11-12,14-15,19-20,28-29,34,42H,5-6,9-10,13,16-17H2,1H3. The van der Waals surface area contributed by atoms with Gasteiger partial charge in [0.1, 0.15) is 17.1 Å². The van der Waals surface area contributed by atoms with Gasteiger partial charge >= 0.3 is 6.61 Å². The molecule has 0 spiro atoms. The van der Waals surface area contributed by atoms with Gasteiger partial charge in [-0.25, -0.2) is 14.2 Å². The number of piperidine rings is 1. The number of aliphatic hydroxyl groups excluding tert-OH is 1. The van der Waals surface area contributed by atoms with Crippen LogP contribution in [-0.2, 0) is 11.3 Å². The number of anilines is 1. The maximum Gasteiger partial charge on any atom is 0.387 e. The Morgan fingerprint density at radius 3 is 2.78 bits per heavy atom. The van der Waals surface area contributed by atoms with Crippen LogP contribution in [-0.4, -0.2) is 94.6 Å². The van der Waals surface area contributed by atoms with Gasteiger partial charge in [0, 0.05) is 42.1 Å². The highest BCUT2D eigenvalue weighted by Crippen LogP contribution is 2.38. The fourth-order valence-corrected chi connectivity index (χ4v) is 6.21. The Kier molecular flexibility index (Phi) is 8.35. The minimum Gasteiger partial charge on any atom is -0.434 e. The summed E-state index contributed by atoms with van der Waals surface area (Å²) >= 11 is 1.46. The zero-order valence-electron chi connectivity index (χ0n) is 24.4. The maximum atomic E-state index is 13.4. The van der Waals surface area contributed by atoms with Gasteiger partial charge in [-0.1, -0.05) is 5.21 Å². The number of rotatable bonds is 11. The Hall–Kier alpha value is -4.12. The van der Waals surface area contributed by atoms with E-state index in [1.807, 2.05) is 17.1 Å². The highest BCUT2D eigenvalue weighted by molar-refractivity contribution is 7.98. The number of nitrogens with one attached hydrogen (secondary N) is 1. The Morgan fingerprint density at radius 1 is 1.18 bits per heavy atom. The van der Waals surface area contributed by atoms with E-state index in [9.17, 15) is 13.9 Å². The summed E-state index contributed by atoms with van der Waals surface area (Å²) in [6.07, 6.45) is 11.1. The average molecular weight is 639 g/mol. The van der Waals surface area contributed by atoms with Crippen LogP contribution in [0, 0.1) is 0 Å². The number of aromatic nitrogens is 8. The molecule has 0 amide bonds. The molecule has 7 rings (SSSR count). The summed E-state index contributed by atoms with van der Waals surface area (Å²) in [5, 5.41) is 32.1. The van der Waals surface area contributed by atoms with Crippen molar-refractivity contribution in [2.45, 2.75) is 49.2 Å². The number of nitrogens with zero attached hydrogens (tertiary/aromatic N) is 9. The molecule has 2 aliphatic rings. The molecule has 1 unspecified atom stereocenters. The van der Waals surface area contributed by atoms with Crippen molar-refractivity contribution in [1.29, 1.82) is 0 Å². The van der Waals surface area contributed by atoms with Gasteiger partial charge in [-0.15, -0.1) is 16.9 Å². The van der Waals surface area contributed by atoms with E-state index in [1.54, 1.807) is 46.0 Å². The summed E-state index contributed by atoms with van der Waals surface area (Å²) in [5.41, 5.74) is 2.68. The van der Waals surface area contributed by atoms with Crippen LogP contribution in [0.2, 0.25) is 0 Å². The molecule has 6 heterocycles. The minimum atomic E-state index is -3.03. The number of alkyl halides is 2. The average Bonchev–Trinajstić information content (AvgIpc) is 3.76. The van der Waals surface area contributed by atoms with Crippen molar-refractivity contribution in [1.82, 2.24) is 44.3 Å². The van der Waals surface area contributed by atoms with Crippen molar-refractivity contribution in [2.24, 2.45) is 0 Å². The molecule has 2 saturated heterocycles. The number of hydrogen-bond donors (Lipinski definition) is 2. The van der Waals surface area contributed by atoms with E-state index in [4.69, 9.17) is 14.6 Å². The fraction of sp³-hybridized carbons (Fsp3) is 0.414. The molecule has 0 radical (unpaired) electrons. The van der Waals surface area contributed by atoms with E-state index in [2.05, 4.69) is 30.6 Å². The number of ether oxygens (including phenoxy) is 2. The summed E-state index contributed by atoms with van der Waals surface area (Å²) in [5.74, 6) is -0.0333.